The minimum Gasteiger partial charge on any atom is -0.351 e. The number of hydrogen-bond donors (Lipinski definition) is 2. The second kappa shape index (κ2) is 7.16. The van der Waals surface area contributed by atoms with E-state index in [9.17, 15) is 17.4 Å². The number of carbonyl (C=O) groups is 1. The van der Waals surface area contributed by atoms with Crippen LogP contribution in [0.25, 0.3) is 0 Å². The normalized spacial score (nSPS) is 12.9. The summed E-state index contributed by atoms with van der Waals surface area (Å²) in [4.78, 5) is 11.5. The first kappa shape index (κ1) is 17.1. The molecule has 9 heteroatoms. The van der Waals surface area contributed by atoms with Crippen LogP contribution >= 0.6 is 11.6 Å². The van der Waals surface area contributed by atoms with Crippen molar-refractivity contribution in [2.75, 3.05) is 18.1 Å². The van der Waals surface area contributed by atoms with E-state index in [-0.39, 0.29) is 22.0 Å². The molecule has 1 unspecified atom stereocenters. The number of amides is 1. The van der Waals surface area contributed by atoms with Crippen molar-refractivity contribution in [3.05, 3.63) is 28.8 Å². The predicted molar refractivity (Wildman–Crippen MR) is 78.7 cm³/mol. The Bertz CT molecular complexity index is 631. The Kier molecular flexibility index (Phi) is 6.12. The van der Waals surface area contributed by atoms with Gasteiger partial charge in [0.05, 0.1) is 5.02 Å². The van der Waals surface area contributed by atoms with Gasteiger partial charge in [0.25, 0.3) is 5.91 Å². The third kappa shape index (κ3) is 4.86. The van der Waals surface area contributed by atoms with Crippen LogP contribution in [-0.2, 0) is 20.8 Å². The molecule has 0 saturated carbocycles. The fourth-order valence-electron chi connectivity index (χ4n) is 1.39. The summed E-state index contributed by atoms with van der Waals surface area (Å²) in [5.41, 5.74) is 0.126. The van der Waals surface area contributed by atoms with Gasteiger partial charge in [0.2, 0.25) is 10.0 Å². The largest absolute Gasteiger partial charge is 0.351 e. The van der Waals surface area contributed by atoms with Gasteiger partial charge in [0.1, 0.15) is 4.90 Å². The van der Waals surface area contributed by atoms with E-state index in [0.29, 0.717) is 11.5 Å². The maximum absolute atomic E-state index is 11.8. The first-order chi connectivity index (χ1) is 9.25. The zero-order chi connectivity index (χ0) is 15.3. The van der Waals surface area contributed by atoms with Crippen molar-refractivity contribution in [2.24, 2.45) is 5.14 Å². The number of nitrogens with two attached hydrogens (primary N) is 1. The van der Waals surface area contributed by atoms with Crippen LogP contribution in [-0.4, -0.2) is 36.6 Å². The SMILES string of the molecule is CCS(=O)CCNC(=O)c1ccc(Cl)c(S(N)(=O)=O)c1. The molecule has 3 N–H and O–H groups in total. The smallest absolute Gasteiger partial charge is 0.251 e. The Hall–Kier alpha value is -0.960. The van der Waals surface area contributed by atoms with Gasteiger partial charge in [-0.25, -0.2) is 13.6 Å². The van der Waals surface area contributed by atoms with Gasteiger partial charge in [-0.2, -0.15) is 0 Å². The van der Waals surface area contributed by atoms with E-state index in [1.807, 2.05) is 0 Å². The van der Waals surface area contributed by atoms with Crippen LogP contribution in [0.5, 0.6) is 0 Å². The van der Waals surface area contributed by atoms with Gasteiger partial charge in [-0.15, -0.1) is 0 Å². The standard InChI is InChI=1S/C11H15ClN2O4S2/c1-2-19(16)6-5-14-11(15)8-3-4-9(12)10(7-8)20(13,17)18/h3-4,7H,2,5-6H2,1H3,(H,14,15)(H2,13,17,18). The molecule has 0 heterocycles. The van der Waals surface area contributed by atoms with Gasteiger partial charge in [0.15, 0.2) is 0 Å². The lowest BCUT2D eigenvalue weighted by Crippen LogP contribution is -2.28. The van der Waals surface area contributed by atoms with E-state index in [2.05, 4.69) is 5.32 Å². The lowest BCUT2D eigenvalue weighted by molar-refractivity contribution is 0.0956. The molecule has 0 aromatic heterocycles. The van der Waals surface area contributed by atoms with Gasteiger partial charge in [-0.05, 0) is 18.2 Å². The molecule has 6 nitrogen and oxygen atoms in total. The summed E-state index contributed by atoms with van der Waals surface area (Å²) >= 11 is 5.72. The molecule has 1 rings (SSSR count). The molecule has 0 aliphatic heterocycles. The Morgan fingerprint density at radius 3 is 2.65 bits per heavy atom. The van der Waals surface area contributed by atoms with E-state index >= 15 is 0 Å². The molecule has 20 heavy (non-hydrogen) atoms. The predicted octanol–water partition coefficient (Wildman–Crippen LogP) is 0.486. The summed E-state index contributed by atoms with van der Waals surface area (Å²) in [7, 11) is -4.96. The van der Waals surface area contributed by atoms with Crippen LogP contribution in [0.15, 0.2) is 23.1 Å². The van der Waals surface area contributed by atoms with Crippen molar-refractivity contribution in [1.29, 1.82) is 0 Å². The molecular formula is C11H15ClN2O4S2. The van der Waals surface area contributed by atoms with Crippen LogP contribution in [0.1, 0.15) is 17.3 Å². The number of benzene rings is 1. The molecule has 1 aromatic rings. The lowest BCUT2D eigenvalue weighted by atomic mass is 10.2. The van der Waals surface area contributed by atoms with Crippen molar-refractivity contribution in [1.82, 2.24) is 5.32 Å². The molecule has 0 spiro atoms. The summed E-state index contributed by atoms with van der Waals surface area (Å²) < 4.78 is 33.8. The zero-order valence-corrected chi connectivity index (χ0v) is 13.1. The van der Waals surface area contributed by atoms with Gasteiger partial charge >= 0.3 is 0 Å². The Morgan fingerprint density at radius 2 is 2.10 bits per heavy atom. The van der Waals surface area contributed by atoms with Crippen LogP contribution in [0.3, 0.4) is 0 Å². The van der Waals surface area contributed by atoms with Crippen molar-refractivity contribution < 1.29 is 17.4 Å². The molecule has 112 valence electrons. The second-order valence-corrected chi connectivity index (χ2v) is 7.68. The Balaban J connectivity index is 2.82. The molecule has 0 radical (unpaired) electrons. The lowest BCUT2D eigenvalue weighted by Gasteiger charge is -2.07. The van der Waals surface area contributed by atoms with E-state index in [4.69, 9.17) is 16.7 Å². The number of hydrogen-bond acceptors (Lipinski definition) is 4. The van der Waals surface area contributed by atoms with Gasteiger partial charge in [-0.3, -0.25) is 9.00 Å². The van der Waals surface area contributed by atoms with Crippen LogP contribution in [0.4, 0.5) is 0 Å². The summed E-state index contributed by atoms with van der Waals surface area (Å²) in [6.07, 6.45) is 0. The molecule has 0 saturated heterocycles. The summed E-state index contributed by atoms with van der Waals surface area (Å²) in [5, 5.41) is 7.51. The highest BCUT2D eigenvalue weighted by Crippen LogP contribution is 2.21. The fraction of sp³-hybridized carbons (Fsp3) is 0.364. The molecule has 1 aromatic carbocycles. The Morgan fingerprint density at radius 1 is 1.45 bits per heavy atom. The Labute approximate surface area is 125 Å². The quantitative estimate of drug-likeness (QED) is 0.787. The highest BCUT2D eigenvalue weighted by molar-refractivity contribution is 7.89. The number of sulfonamides is 1. The number of halogens is 1. The van der Waals surface area contributed by atoms with Gasteiger partial charge in [0, 0.05) is 34.4 Å². The summed E-state index contributed by atoms with van der Waals surface area (Å²) in [6, 6.07) is 3.80. The highest BCUT2D eigenvalue weighted by Gasteiger charge is 2.16. The fourth-order valence-corrected chi connectivity index (χ4v) is 3.08. The first-order valence-electron chi connectivity index (χ1n) is 5.71. The number of carbonyl (C=O) groups excluding carboxylic acids is 1. The number of primary sulfonamides is 1. The summed E-state index contributed by atoms with van der Waals surface area (Å²) in [6.45, 7) is 2.03. The zero-order valence-electron chi connectivity index (χ0n) is 10.8. The molecule has 0 bridgehead atoms. The molecule has 0 aliphatic carbocycles. The topological polar surface area (TPSA) is 106 Å². The maximum atomic E-state index is 11.8. The average molecular weight is 339 g/mol. The van der Waals surface area contributed by atoms with E-state index < -0.39 is 26.7 Å². The highest BCUT2D eigenvalue weighted by atomic mass is 35.5. The number of nitrogens with one attached hydrogen (secondary N) is 1. The minimum absolute atomic E-state index is 0.0452. The molecular weight excluding hydrogens is 324 g/mol. The van der Waals surface area contributed by atoms with E-state index in [1.54, 1.807) is 6.92 Å². The third-order valence-electron chi connectivity index (χ3n) is 2.44. The van der Waals surface area contributed by atoms with E-state index in [1.165, 1.54) is 12.1 Å². The van der Waals surface area contributed by atoms with Crippen LogP contribution in [0.2, 0.25) is 5.02 Å². The monoisotopic (exact) mass is 338 g/mol. The maximum Gasteiger partial charge on any atom is 0.251 e. The van der Waals surface area contributed by atoms with Crippen LogP contribution in [0, 0.1) is 0 Å². The van der Waals surface area contributed by atoms with Gasteiger partial charge in [-0.1, -0.05) is 18.5 Å². The summed E-state index contributed by atoms with van der Waals surface area (Å²) in [5.74, 6) is 0.393. The molecule has 0 aliphatic rings. The molecule has 1 atom stereocenters. The minimum atomic E-state index is -3.99. The van der Waals surface area contributed by atoms with E-state index in [0.717, 1.165) is 6.07 Å². The first-order valence-corrected chi connectivity index (χ1v) is 9.12. The van der Waals surface area contributed by atoms with Crippen molar-refractivity contribution >= 4 is 38.3 Å². The average Bonchev–Trinajstić information content (AvgIpc) is 2.37. The van der Waals surface area contributed by atoms with Crippen molar-refractivity contribution in [3.8, 4) is 0 Å². The third-order valence-corrected chi connectivity index (χ3v) is 5.13. The molecule has 0 fully saturated rings. The van der Waals surface area contributed by atoms with Crippen molar-refractivity contribution in [2.45, 2.75) is 11.8 Å². The number of rotatable bonds is 6. The molecule has 1 amide bonds. The second-order valence-electron chi connectivity index (χ2n) is 3.88. The van der Waals surface area contributed by atoms with Crippen LogP contribution < -0.4 is 10.5 Å². The van der Waals surface area contributed by atoms with Crippen molar-refractivity contribution in [3.63, 3.8) is 0 Å². The van der Waals surface area contributed by atoms with Gasteiger partial charge < -0.3 is 5.32 Å².